The Morgan fingerprint density at radius 2 is 2.19 bits per heavy atom. The van der Waals surface area contributed by atoms with Gasteiger partial charge >= 0.3 is 5.97 Å². The molecule has 2 atom stereocenters. The van der Waals surface area contributed by atoms with Gasteiger partial charge in [-0.2, -0.15) is 11.8 Å². The predicted molar refractivity (Wildman–Crippen MR) is 89.3 cm³/mol. The molecule has 4 nitrogen and oxygen atoms in total. The number of halogens is 1. The van der Waals surface area contributed by atoms with Crippen LogP contribution in [0.15, 0.2) is 6.20 Å². The normalized spacial score (nSPS) is 22.0. The van der Waals surface area contributed by atoms with Crippen molar-refractivity contribution in [3.05, 3.63) is 23.3 Å². The van der Waals surface area contributed by atoms with Gasteiger partial charge in [-0.3, -0.25) is 0 Å². The number of rotatable bonds is 5. The molecular formula is C14H19ClN2O2S2. The van der Waals surface area contributed by atoms with Gasteiger partial charge in [-0.15, -0.1) is 23.4 Å². The Bertz CT molecular complexity index is 502. The molecule has 0 aromatic carbocycles. The molecule has 0 saturated carbocycles. The van der Waals surface area contributed by atoms with Crippen LogP contribution in [0.5, 0.6) is 0 Å². The van der Waals surface area contributed by atoms with Crippen LogP contribution in [-0.2, 0) is 10.6 Å². The summed E-state index contributed by atoms with van der Waals surface area (Å²) in [7, 11) is 0. The van der Waals surface area contributed by atoms with Crippen LogP contribution < -0.4 is 0 Å². The third-order valence-corrected chi connectivity index (χ3v) is 6.71. The molecule has 7 heteroatoms. The molecule has 2 rings (SSSR count). The van der Waals surface area contributed by atoms with Gasteiger partial charge in [0.2, 0.25) is 0 Å². The van der Waals surface area contributed by atoms with Gasteiger partial charge in [0.1, 0.15) is 11.4 Å². The summed E-state index contributed by atoms with van der Waals surface area (Å²) >= 11 is 9.81. The minimum atomic E-state index is -0.405. The number of carbonyl (C=O) groups excluding carboxylic acids is 1. The highest BCUT2D eigenvalue weighted by atomic mass is 35.5. The van der Waals surface area contributed by atoms with Crippen molar-refractivity contribution in [1.29, 1.82) is 0 Å². The fourth-order valence-corrected chi connectivity index (χ4v) is 5.40. The van der Waals surface area contributed by atoms with Gasteiger partial charge in [-0.25, -0.2) is 14.8 Å². The predicted octanol–water partition coefficient (Wildman–Crippen LogP) is 3.69. The Morgan fingerprint density at radius 1 is 1.43 bits per heavy atom. The molecule has 1 fully saturated rings. The second-order valence-corrected chi connectivity index (χ2v) is 7.42. The topological polar surface area (TPSA) is 52.1 Å². The second kappa shape index (κ2) is 8.25. The molecule has 0 N–H and O–H groups in total. The minimum absolute atomic E-state index is 0.186. The Kier molecular flexibility index (Phi) is 6.64. The minimum Gasteiger partial charge on any atom is -0.462 e. The molecule has 1 aliphatic heterocycles. The summed E-state index contributed by atoms with van der Waals surface area (Å²) in [6.45, 7) is 4.29. The third kappa shape index (κ3) is 4.05. The molecule has 0 radical (unpaired) electrons. The summed E-state index contributed by atoms with van der Waals surface area (Å²) in [5.41, 5.74) is 0.934. The van der Waals surface area contributed by atoms with E-state index in [0.717, 1.165) is 18.0 Å². The van der Waals surface area contributed by atoms with Crippen LogP contribution in [0.3, 0.4) is 0 Å². The molecule has 116 valence electrons. The van der Waals surface area contributed by atoms with Crippen molar-refractivity contribution in [2.24, 2.45) is 0 Å². The number of alkyl halides is 1. The fourth-order valence-electron chi connectivity index (χ4n) is 2.19. The summed E-state index contributed by atoms with van der Waals surface area (Å²) in [5, 5.41) is 0.785. The number of hydrogen-bond acceptors (Lipinski definition) is 6. The SMILES string of the molecule is CCOC(=O)c1cnc(C2SCCSC2CC)nc1CCl. The smallest absolute Gasteiger partial charge is 0.341 e. The van der Waals surface area contributed by atoms with E-state index in [9.17, 15) is 4.79 Å². The highest BCUT2D eigenvalue weighted by molar-refractivity contribution is 8.06. The van der Waals surface area contributed by atoms with Gasteiger partial charge < -0.3 is 4.74 Å². The number of aromatic nitrogens is 2. The summed E-state index contributed by atoms with van der Waals surface area (Å²) in [4.78, 5) is 20.8. The molecule has 0 bridgehead atoms. The fraction of sp³-hybridized carbons (Fsp3) is 0.643. The molecule has 1 aromatic rings. The number of esters is 1. The van der Waals surface area contributed by atoms with Crippen LogP contribution in [0.25, 0.3) is 0 Å². The van der Waals surface area contributed by atoms with Gasteiger partial charge in [0.25, 0.3) is 0 Å². The maximum atomic E-state index is 11.9. The van der Waals surface area contributed by atoms with Crippen molar-refractivity contribution < 1.29 is 9.53 Å². The van der Waals surface area contributed by atoms with E-state index in [0.29, 0.717) is 23.1 Å². The summed E-state index contributed by atoms with van der Waals surface area (Å²) in [6, 6.07) is 0. The first kappa shape index (κ1) is 16.9. The van der Waals surface area contributed by atoms with Crippen LogP contribution in [0, 0.1) is 0 Å². The molecule has 0 aliphatic carbocycles. The Hall–Kier alpha value is -0.460. The lowest BCUT2D eigenvalue weighted by atomic mass is 10.2. The van der Waals surface area contributed by atoms with Crippen LogP contribution in [0.1, 0.15) is 47.4 Å². The lowest BCUT2D eigenvalue weighted by Crippen LogP contribution is -2.21. The van der Waals surface area contributed by atoms with Gasteiger partial charge in [0.05, 0.1) is 23.4 Å². The summed E-state index contributed by atoms with van der Waals surface area (Å²) in [6.07, 6.45) is 2.64. The Balaban J connectivity index is 2.27. The molecular weight excluding hydrogens is 328 g/mol. The summed E-state index contributed by atoms with van der Waals surface area (Å²) < 4.78 is 5.01. The number of hydrogen-bond donors (Lipinski definition) is 0. The second-order valence-electron chi connectivity index (χ2n) is 4.55. The van der Waals surface area contributed by atoms with Crippen molar-refractivity contribution >= 4 is 41.1 Å². The van der Waals surface area contributed by atoms with Crippen molar-refractivity contribution in [2.45, 2.75) is 36.6 Å². The van der Waals surface area contributed by atoms with E-state index in [4.69, 9.17) is 16.3 Å². The number of nitrogens with zero attached hydrogens (tertiary/aromatic N) is 2. The molecule has 2 heterocycles. The van der Waals surface area contributed by atoms with E-state index in [1.807, 2.05) is 23.5 Å². The first-order chi connectivity index (χ1) is 10.2. The highest BCUT2D eigenvalue weighted by Crippen LogP contribution is 2.42. The molecule has 1 aliphatic rings. The average molecular weight is 347 g/mol. The zero-order chi connectivity index (χ0) is 15.2. The lowest BCUT2D eigenvalue weighted by Gasteiger charge is -2.28. The molecule has 21 heavy (non-hydrogen) atoms. The average Bonchev–Trinajstić information content (AvgIpc) is 2.54. The van der Waals surface area contributed by atoms with Gasteiger partial charge in [-0.05, 0) is 13.3 Å². The van der Waals surface area contributed by atoms with Crippen LogP contribution >= 0.6 is 35.1 Å². The van der Waals surface area contributed by atoms with E-state index in [-0.39, 0.29) is 11.1 Å². The monoisotopic (exact) mass is 346 g/mol. The Morgan fingerprint density at radius 3 is 2.86 bits per heavy atom. The molecule has 0 spiro atoms. The van der Waals surface area contributed by atoms with Crippen LogP contribution in [-0.4, -0.2) is 39.3 Å². The van der Waals surface area contributed by atoms with E-state index in [1.165, 1.54) is 5.75 Å². The van der Waals surface area contributed by atoms with Crippen LogP contribution in [0.2, 0.25) is 0 Å². The van der Waals surface area contributed by atoms with E-state index in [1.54, 1.807) is 13.1 Å². The lowest BCUT2D eigenvalue weighted by molar-refractivity contribution is 0.0524. The Labute approximate surface area is 138 Å². The quantitative estimate of drug-likeness (QED) is 0.598. The first-order valence-electron chi connectivity index (χ1n) is 7.03. The third-order valence-electron chi connectivity index (χ3n) is 3.22. The van der Waals surface area contributed by atoms with E-state index >= 15 is 0 Å². The maximum Gasteiger partial charge on any atom is 0.341 e. The van der Waals surface area contributed by atoms with Crippen molar-refractivity contribution in [1.82, 2.24) is 9.97 Å². The van der Waals surface area contributed by atoms with Crippen LogP contribution in [0.4, 0.5) is 0 Å². The van der Waals surface area contributed by atoms with Crippen molar-refractivity contribution in [2.75, 3.05) is 18.1 Å². The zero-order valence-corrected chi connectivity index (χ0v) is 14.6. The molecule has 2 unspecified atom stereocenters. The number of carbonyl (C=O) groups is 1. The van der Waals surface area contributed by atoms with Crippen molar-refractivity contribution in [3.63, 3.8) is 0 Å². The van der Waals surface area contributed by atoms with Gasteiger partial charge in [-0.1, -0.05) is 6.92 Å². The van der Waals surface area contributed by atoms with Gasteiger partial charge in [0, 0.05) is 23.0 Å². The summed E-state index contributed by atoms with van der Waals surface area (Å²) in [5.74, 6) is 2.83. The standard InChI is InChI=1S/C14H19ClN2O2S2/c1-3-11-12(21-6-5-20-11)13-16-8-9(10(7-15)17-13)14(18)19-4-2/h8,11-12H,3-7H2,1-2H3. The molecule has 1 saturated heterocycles. The van der Waals surface area contributed by atoms with Gasteiger partial charge in [0.15, 0.2) is 0 Å². The van der Waals surface area contributed by atoms with E-state index in [2.05, 4.69) is 16.9 Å². The number of ether oxygens (including phenoxy) is 1. The largest absolute Gasteiger partial charge is 0.462 e. The number of thioether (sulfide) groups is 2. The van der Waals surface area contributed by atoms with E-state index < -0.39 is 5.97 Å². The zero-order valence-electron chi connectivity index (χ0n) is 12.2. The highest BCUT2D eigenvalue weighted by Gasteiger charge is 2.29. The molecule has 1 aromatic heterocycles. The molecule has 0 amide bonds. The first-order valence-corrected chi connectivity index (χ1v) is 9.66. The maximum absolute atomic E-state index is 11.9. The van der Waals surface area contributed by atoms with Crippen molar-refractivity contribution in [3.8, 4) is 0 Å².